The summed E-state index contributed by atoms with van der Waals surface area (Å²) < 4.78 is 0. The van der Waals surface area contributed by atoms with Crippen molar-refractivity contribution in [3.63, 3.8) is 0 Å². The van der Waals surface area contributed by atoms with Crippen molar-refractivity contribution in [2.24, 2.45) is 11.7 Å². The highest BCUT2D eigenvalue weighted by atomic mass is 16.4. The number of hydrogen-bond acceptors (Lipinski definition) is 5. The second-order valence-corrected chi connectivity index (χ2v) is 6.11. The minimum absolute atomic E-state index is 0.168. The lowest BCUT2D eigenvalue weighted by Gasteiger charge is -2.24. The van der Waals surface area contributed by atoms with Crippen molar-refractivity contribution in [3.05, 3.63) is 35.9 Å². The highest BCUT2D eigenvalue weighted by molar-refractivity contribution is 5.92. The van der Waals surface area contributed by atoms with Crippen molar-refractivity contribution < 1.29 is 24.6 Å². The van der Waals surface area contributed by atoms with Gasteiger partial charge in [0.1, 0.15) is 18.1 Å². The molecule has 25 heavy (non-hydrogen) atoms. The number of hydrogen-bond donors (Lipinski definition) is 5. The molecule has 3 atom stereocenters. The van der Waals surface area contributed by atoms with E-state index in [2.05, 4.69) is 10.6 Å². The van der Waals surface area contributed by atoms with E-state index < -0.39 is 42.5 Å². The van der Waals surface area contributed by atoms with E-state index in [1.165, 1.54) is 0 Å². The first-order valence-corrected chi connectivity index (χ1v) is 8.00. The van der Waals surface area contributed by atoms with Crippen molar-refractivity contribution in [1.29, 1.82) is 0 Å². The maximum absolute atomic E-state index is 12.5. The second-order valence-electron chi connectivity index (χ2n) is 6.11. The number of carbonyl (C=O) groups is 3. The van der Waals surface area contributed by atoms with Gasteiger partial charge >= 0.3 is 5.97 Å². The zero-order chi connectivity index (χ0) is 19.0. The number of rotatable bonds is 9. The van der Waals surface area contributed by atoms with Gasteiger partial charge in [-0.2, -0.15) is 0 Å². The van der Waals surface area contributed by atoms with Gasteiger partial charge in [0.2, 0.25) is 11.8 Å². The number of benzene rings is 1. The Morgan fingerprint density at radius 1 is 1.08 bits per heavy atom. The molecule has 0 saturated heterocycles. The van der Waals surface area contributed by atoms with Crippen LogP contribution >= 0.6 is 0 Å². The first-order chi connectivity index (χ1) is 11.8. The summed E-state index contributed by atoms with van der Waals surface area (Å²) in [6, 6.07) is 5.73. The Morgan fingerprint density at radius 2 is 1.68 bits per heavy atom. The van der Waals surface area contributed by atoms with Gasteiger partial charge in [-0.05, 0) is 11.5 Å². The highest BCUT2D eigenvalue weighted by Gasteiger charge is 2.29. The number of nitrogens with two attached hydrogens (primary N) is 1. The predicted molar refractivity (Wildman–Crippen MR) is 91.5 cm³/mol. The molecule has 8 nitrogen and oxygen atoms in total. The number of carboxylic acids is 1. The molecule has 0 radical (unpaired) electrons. The van der Waals surface area contributed by atoms with E-state index in [9.17, 15) is 19.5 Å². The zero-order valence-corrected chi connectivity index (χ0v) is 14.3. The van der Waals surface area contributed by atoms with Crippen LogP contribution in [0.25, 0.3) is 0 Å². The van der Waals surface area contributed by atoms with Crippen molar-refractivity contribution in [1.82, 2.24) is 10.6 Å². The third-order valence-corrected chi connectivity index (χ3v) is 3.68. The van der Waals surface area contributed by atoms with Crippen molar-refractivity contribution in [3.8, 4) is 0 Å². The summed E-state index contributed by atoms with van der Waals surface area (Å²) >= 11 is 0. The molecule has 0 unspecified atom stereocenters. The van der Waals surface area contributed by atoms with Gasteiger partial charge in [-0.25, -0.2) is 4.79 Å². The summed E-state index contributed by atoms with van der Waals surface area (Å²) in [4.78, 5) is 35.7. The molecule has 0 aliphatic carbocycles. The molecule has 0 heterocycles. The number of nitrogens with one attached hydrogen (secondary N) is 2. The van der Waals surface area contributed by atoms with Crippen LogP contribution in [0.5, 0.6) is 0 Å². The molecule has 6 N–H and O–H groups in total. The first-order valence-electron chi connectivity index (χ1n) is 8.00. The van der Waals surface area contributed by atoms with E-state index in [4.69, 9.17) is 10.8 Å². The van der Waals surface area contributed by atoms with Gasteiger partial charge in [0.15, 0.2) is 0 Å². The van der Waals surface area contributed by atoms with E-state index in [-0.39, 0.29) is 12.3 Å². The van der Waals surface area contributed by atoms with Crippen LogP contribution < -0.4 is 16.4 Å². The van der Waals surface area contributed by atoms with E-state index in [1.54, 1.807) is 38.1 Å². The summed E-state index contributed by atoms with van der Waals surface area (Å²) in [5, 5.41) is 23.1. The Hall–Kier alpha value is -2.45. The van der Waals surface area contributed by atoms with E-state index >= 15 is 0 Å². The van der Waals surface area contributed by atoms with Gasteiger partial charge in [-0.15, -0.1) is 0 Å². The van der Waals surface area contributed by atoms with Crippen LogP contribution in [0.15, 0.2) is 30.3 Å². The Balaban J connectivity index is 2.93. The van der Waals surface area contributed by atoms with Crippen LogP contribution in [-0.4, -0.2) is 52.7 Å². The lowest BCUT2D eigenvalue weighted by molar-refractivity contribution is -0.143. The van der Waals surface area contributed by atoms with E-state index in [0.29, 0.717) is 0 Å². The van der Waals surface area contributed by atoms with E-state index in [0.717, 1.165) is 5.56 Å². The van der Waals surface area contributed by atoms with E-state index in [1.807, 2.05) is 6.07 Å². The molecule has 8 heteroatoms. The Kier molecular flexibility index (Phi) is 8.03. The SMILES string of the molecule is CC(C)[C@H](NC(=O)[C@H](Cc1ccccc1)NC(=O)[C@@H](N)CO)C(=O)O. The molecule has 2 amide bonds. The molecule has 0 spiro atoms. The topological polar surface area (TPSA) is 142 Å². The standard InChI is InChI=1S/C17H25N3O5/c1-10(2)14(17(24)25)20-16(23)13(19-15(22)12(18)9-21)8-11-6-4-3-5-7-11/h3-7,10,12-14,21H,8-9,18H2,1-2H3,(H,19,22)(H,20,23)(H,24,25)/t12-,13-,14-/m0/s1. The minimum Gasteiger partial charge on any atom is -0.480 e. The quantitative estimate of drug-likeness (QED) is 0.397. The number of aliphatic carboxylic acids is 1. The number of carbonyl (C=O) groups excluding carboxylic acids is 2. The van der Waals surface area contributed by atoms with Crippen molar-refractivity contribution >= 4 is 17.8 Å². The fourth-order valence-corrected chi connectivity index (χ4v) is 2.19. The van der Waals surface area contributed by atoms with Gasteiger partial charge in [-0.1, -0.05) is 44.2 Å². The molecular weight excluding hydrogens is 326 g/mol. The Morgan fingerprint density at radius 3 is 2.16 bits per heavy atom. The first kappa shape index (κ1) is 20.6. The number of aliphatic hydroxyl groups excluding tert-OH is 1. The molecule has 0 aliphatic rings. The molecule has 0 fully saturated rings. The van der Waals surface area contributed by atoms with Crippen molar-refractivity contribution in [2.45, 2.75) is 38.4 Å². The summed E-state index contributed by atoms with van der Waals surface area (Å²) in [5.41, 5.74) is 6.26. The summed E-state index contributed by atoms with van der Waals surface area (Å²) in [6.45, 7) is 2.78. The molecule has 0 aliphatic heterocycles. The molecule has 1 aromatic carbocycles. The number of amides is 2. The average Bonchev–Trinajstić information content (AvgIpc) is 2.58. The molecule has 1 aromatic rings. The monoisotopic (exact) mass is 351 g/mol. The summed E-state index contributed by atoms with van der Waals surface area (Å²) in [7, 11) is 0. The van der Waals surface area contributed by atoms with Gasteiger partial charge in [0.05, 0.1) is 6.61 Å². The highest BCUT2D eigenvalue weighted by Crippen LogP contribution is 2.07. The van der Waals surface area contributed by atoms with Gasteiger partial charge < -0.3 is 26.6 Å². The lowest BCUT2D eigenvalue weighted by Crippen LogP contribution is -2.56. The molecule has 138 valence electrons. The van der Waals surface area contributed by atoms with Crippen LogP contribution in [0.4, 0.5) is 0 Å². The summed E-state index contributed by atoms with van der Waals surface area (Å²) in [5.74, 6) is -2.78. The lowest BCUT2D eigenvalue weighted by atomic mass is 10.0. The second kappa shape index (κ2) is 9.75. The Labute approximate surface area is 146 Å². The van der Waals surface area contributed by atoms with Crippen molar-refractivity contribution in [2.75, 3.05) is 6.61 Å². The number of carboxylic acid groups (broad SMARTS) is 1. The van der Waals surface area contributed by atoms with Crippen LogP contribution in [-0.2, 0) is 20.8 Å². The minimum atomic E-state index is -1.16. The molecule has 0 aromatic heterocycles. The fraction of sp³-hybridized carbons (Fsp3) is 0.471. The largest absolute Gasteiger partial charge is 0.480 e. The predicted octanol–water partition coefficient (Wildman–Crippen LogP) is -0.741. The summed E-state index contributed by atoms with van der Waals surface area (Å²) in [6.07, 6.45) is 0.168. The maximum atomic E-state index is 12.5. The Bertz CT molecular complexity index is 591. The number of aliphatic hydroxyl groups is 1. The van der Waals surface area contributed by atoms with Crippen LogP contribution in [0.3, 0.4) is 0 Å². The van der Waals surface area contributed by atoms with Gasteiger partial charge in [0, 0.05) is 6.42 Å². The van der Waals surface area contributed by atoms with Crippen LogP contribution in [0.2, 0.25) is 0 Å². The third-order valence-electron chi connectivity index (χ3n) is 3.68. The zero-order valence-electron chi connectivity index (χ0n) is 14.3. The van der Waals surface area contributed by atoms with Gasteiger partial charge in [0.25, 0.3) is 0 Å². The van der Waals surface area contributed by atoms with Gasteiger partial charge in [-0.3, -0.25) is 9.59 Å². The fourth-order valence-electron chi connectivity index (χ4n) is 2.19. The normalized spacial score (nSPS) is 14.4. The van der Waals surface area contributed by atoms with Crippen LogP contribution in [0.1, 0.15) is 19.4 Å². The molecule has 0 bridgehead atoms. The smallest absolute Gasteiger partial charge is 0.326 e. The third kappa shape index (κ3) is 6.52. The molecule has 1 rings (SSSR count). The molecule has 0 saturated carbocycles. The molecular formula is C17H25N3O5. The maximum Gasteiger partial charge on any atom is 0.326 e. The van der Waals surface area contributed by atoms with Crippen LogP contribution in [0, 0.1) is 5.92 Å². The average molecular weight is 351 g/mol.